The van der Waals surface area contributed by atoms with Gasteiger partial charge in [-0.05, 0) is 23.8 Å². The second-order valence-electron chi connectivity index (χ2n) is 3.68. The lowest BCUT2D eigenvalue weighted by Crippen LogP contribution is -2.05. The van der Waals surface area contributed by atoms with Gasteiger partial charge in [-0.25, -0.2) is 4.79 Å². The average molecular weight is 256 g/mol. The average Bonchev–Trinajstić information content (AvgIpc) is 2.60. The maximum Gasteiger partial charge on any atom is 0.416 e. The topological polar surface area (TPSA) is 43.4 Å². The lowest BCUT2D eigenvalue weighted by molar-refractivity contribution is -0.137. The van der Waals surface area contributed by atoms with Gasteiger partial charge in [0.15, 0.2) is 6.61 Å². The van der Waals surface area contributed by atoms with E-state index in [9.17, 15) is 22.8 Å². The molecule has 0 atom stereocenters. The number of hydrogen-bond donors (Lipinski definition) is 0. The van der Waals surface area contributed by atoms with E-state index in [2.05, 4.69) is 4.74 Å². The van der Waals surface area contributed by atoms with Crippen LogP contribution >= 0.6 is 0 Å². The summed E-state index contributed by atoms with van der Waals surface area (Å²) in [5, 5.41) is 0. The van der Waals surface area contributed by atoms with Crippen LogP contribution < -0.4 is 0 Å². The Morgan fingerprint density at radius 2 is 1.94 bits per heavy atom. The number of carbonyl (C=O) groups excluding carboxylic acids is 2. The number of cyclic esters (lactones) is 1. The number of ketones is 1. The van der Waals surface area contributed by atoms with Crippen LogP contribution in [0.1, 0.15) is 11.1 Å². The number of benzene rings is 1. The Bertz CT molecular complexity index is 526. The second kappa shape index (κ2) is 4.29. The molecular weight excluding hydrogens is 249 g/mol. The van der Waals surface area contributed by atoms with Gasteiger partial charge in [0, 0.05) is 0 Å². The first-order chi connectivity index (χ1) is 8.38. The van der Waals surface area contributed by atoms with Crippen LogP contribution in [0.15, 0.2) is 29.8 Å². The highest BCUT2D eigenvalue weighted by atomic mass is 19.4. The van der Waals surface area contributed by atoms with E-state index in [1.807, 2.05) is 0 Å². The van der Waals surface area contributed by atoms with Crippen molar-refractivity contribution in [3.63, 3.8) is 0 Å². The predicted octanol–water partition coefficient (Wildman–Crippen LogP) is 2.21. The molecule has 0 radical (unpaired) electrons. The number of halogens is 3. The Kier molecular flexibility index (Phi) is 2.94. The van der Waals surface area contributed by atoms with Crippen molar-refractivity contribution < 1.29 is 27.5 Å². The highest BCUT2D eigenvalue weighted by Crippen LogP contribution is 2.30. The first-order valence-electron chi connectivity index (χ1n) is 4.97. The van der Waals surface area contributed by atoms with Gasteiger partial charge in [0.1, 0.15) is 5.57 Å². The van der Waals surface area contributed by atoms with Gasteiger partial charge in [0.2, 0.25) is 5.78 Å². The molecule has 1 fully saturated rings. The number of rotatable bonds is 1. The van der Waals surface area contributed by atoms with Crippen molar-refractivity contribution >= 4 is 17.8 Å². The molecule has 1 aliphatic rings. The summed E-state index contributed by atoms with van der Waals surface area (Å²) in [6.45, 7) is -0.358. The van der Waals surface area contributed by atoms with Crippen molar-refractivity contribution in [1.29, 1.82) is 0 Å². The molecule has 1 aromatic rings. The molecule has 6 heteroatoms. The molecule has 0 unspecified atom stereocenters. The monoisotopic (exact) mass is 256 g/mol. The molecular formula is C12H7F3O3. The fourth-order valence-corrected chi connectivity index (χ4v) is 1.51. The minimum atomic E-state index is -4.46. The molecule has 0 saturated carbocycles. The Hall–Kier alpha value is -2.11. The van der Waals surface area contributed by atoms with Crippen molar-refractivity contribution in [1.82, 2.24) is 0 Å². The van der Waals surface area contributed by atoms with Crippen LogP contribution in [-0.2, 0) is 20.5 Å². The molecule has 0 amide bonds. The van der Waals surface area contributed by atoms with E-state index in [1.165, 1.54) is 12.1 Å². The fourth-order valence-electron chi connectivity index (χ4n) is 1.51. The Balaban J connectivity index is 2.38. The lowest BCUT2D eigenvalue weighted by Gasteiger charge is -2.06. The van der Waals surface area contributed by atoms with E-state index in [0.29, 0.717) is 0 Å². The van der Waals surface area contributed by atoms with Gasteiger partial charge < -0.3 is 4.74 Å². The van der Waals surface area contributed by atoms with E-state index >= 15 is 0 Å². The van der Waals surface area contributed by atoms with Crippen LogP contribution in [0.2, 0.25) is 0 Å². The maximum absolute atomic E-state index is 12.5. The molecule has 0 spiro atoms. The van der Waals surface area contributed by atoms with Crippen LogP contribution in [0.4, 0.5) is 13.2 Å². The van der Waals surface area contributed by atoms with Crippen LogP contribution in [0.3, 0.4) is 0 Å². The van der Waals surface area contributed by atoms with E-state index in [4.69, 9.17) is 0 Å². The first kappa shape index (κ1) is 12.3. The molecule has 1 aromatic carbocycles. The lowest BCUT2D eigenvalue weighted by atomic mass is 10.1. The molecule has 18 heavy (non-hydrogen) atoms. The van der Waals surface area contributed by atoms with Gasteiger partial charge in [0.05, 0.1) is 5.56 Å². The summed E-state index contributed by atoms with van der Waals surface area (Å²) < 4.78 is 41.8. The fraction of sp³-hybridized carbons (Fsp3) is 0.167. The largest absolute Gasteiger partial charge is 0.454 e. The zero-order chi connectivity index (χ0) is 13.3. The van der Waals surface area contributed by atoms with E-state index < -0.39 is 23.5 Å². The zero-order valence-electron chi connectivity index (χ0n) is 8.95. The molecule has 1 heterocycles. The van der Waals surface area contributed by atoms with E-state index in [-0.39, 0.29) is 17.7 Å². The highest BCUT2D eigenvalue weighted by Gasteiger charge is 2.31. The number of hydrogen-bond acceptors (Lipinski definition) is 3. The summed E-state index contributed by atoms with van der Waals surface area (Å²) >= 11 is 0. The molecule has 3 nitrogen and oxygen atoms in total. The molecule has 1 saturated heterocycles. The van der Waals surface area contributed by atoms with Crippen molar-refractivity contribution in [3.05, 3.63) is 41.0 Å². The standard InChI is InChI=1S/C12H7F3O3/c13-12(14,15)8-3-1-2-7(4-8)5-9-10(16)6-18-11(9)17/h1-5H,6H2/b9-5-. The summed E-state index contributed by atoms with van der Waals surface area (Å²) in [6.07, 6.45) is -3.36. The molecule has 1 aliphatic heterocycles. The number of Topliss-reactive ketones (excluding diaryl/α,β-unsaturated/α-hetero) is 1. The smallest absolute Gasteiger partial charge is 0.416 e. The second-order valence-corrected chi connectivity index (χ2v) is 3.68. The van der Waals surface area contributed by atoms with Crippen LogP contribution in [-0.4, -0.2) is 18.4 Å². The molecule has 94 valence electrons. The Morgan fingerprint density at radius 3 is 2.50 bits per heavy atom. The number of ether oxygens (including phenoxy) is 1. The molecule has 2 rings (SSSR count). The minimum absolute atomic E-state index is 0.132. The third-order valence-electron chi connectivity index (χ3n) is 2.38. The highest BCUT2D eigenvalue weighted by molar-refractivity contribution is 6.24. The van der Waals surface area contributed by atoms with Crippen LogP contribution in [0, 0.1) is 0 Å². The summed E-state index contributed by atoms with van der Waals surface area (Å²) in [5.74, 6) is -1.34. The third kappa shape index (κ3) is 2.42. The third-order valence-corrected chi connectivity index (χ3v) is 2.38. The van der Waals surface area contributed by atoms with Crippen LogP contribution in [0.5, 0.6) is 0 Å². The van der Waals surface area contributed by atoms with Crippen molar-refractivity contribution in [2.45, 2.75) is 6.18 Å². The quantitative estimate of drug-likeness (QED) is 0.439. The molecule has 0 bridgehead atoms. The first-order valence-corrected chi connectivity index (χ1v) is 4.97. The van der Waals surface area contributed by atoms with Gasteiger partial charge in [0.25, 0.3) is 0 Å². The Morgan fingerprint density at radius 1 is 1.22 bits per heavy atom. The summed E-state index contributed by atoms with van der Waals surface area (Å²) in [6, 6.07) is 4.36. The summed E-state index contributed by atoms with van der Waals surface area (Å²) in [4.78, 5) is 22.4. The number of alkyl halides is 3. The van der Waals surface area contributed by atoms with Gasteiger partial charge >= 0.3 is 12.1 Å². The summed E-state index contributed by atoms with van der Waals surface area (Å²) in [5.41, 5.74) is -0.933. The summed E-state index contributed by atoms with van der Waals surface area (Å²) in [7, 11) is 0. The normalized spacial score (nSPS) is 18.3. The SMILES string of the molecule is O=C1COC(=O)/C1=C\c1cccc(C(F)(F)F)c1. The van der Waals surface area contributed by atoms with Crippen molar-refractivity contribution in [2.24, 2.45) is 0 Å². The van der Waals surface area contributed by atoms with E-state index in [0.717, 1.165) is 18.2 Å². The van der Waals surface area contributed by atoms with Gasteiger partial charge in [-0.2, -0.15) is 13.2 Å². The van der Waals surface area contributed by atoms with Gasteiger partial charge in [-0.1, -0.05) is 12.1 Å². The van der Waals surface area contributed by atoms with Crippen molar-refractivity contribution in [2.75, 3.05) is 6.61 Å². The molecule has 0 aromatic heterocycles. The van der Waals surface area contributed by atoms with Crippen LogP contribution in [0.25, 0.3) is 6.08 Å². The molecule has 0 aliphatic carbocycles. The Labute approximate surface area is 99.9 Å². The van der Waals surface area contributed by atoms with E-state index in [1.54, 1.807) is 0 Å². The van der Waals surface area contributed by atoms with Gasteiger partial charge in [-0.15, -0.1) is 0 Å². The number of esters is 1. The van der Waals surface area contributed by atoms with Gasteiger partial charge in [-0.3, -0.25) is 4.79 Å². The number of carbonyl (C=O) groups is 2. The van der Waals surface area contributed by atoms with Crippen molar-refractivity contribution in [3.8, 4) is 0 Å². The molecule has 0 N–H and O–H groups in total. The minimum Gasteiger partial charge on any atom is -0.454 e. The zero-order valence-corrected chi connectivity index (χ0v) is 8.95. The maximum atomic E-state index is 12.5. The predicted molar refractivity (Wildman–Crippen MR) is 55.4 cm³/mol.